The predicted octanol–water partition coefficient (Wildman–Crippen LogP) is 2.92. The van der Waals surface area contributed by atoms with Gasteiger partial charge >= 0.3 is 0 Å². The van der Waals surface area contributed by atoms with E-state index in [4.69, 9.17) is 37.4 Å². The lowest BCUT2D eigenvalue weighted by Gasteiger charge is -2.04. The molecule has 0 saturated heterocycles. The molecule has 0 aliphatic rings. The van der Waals surface area contributed by atoms with Crippen LogP contribution in [-0.4, -0.2) is 45.9 Å². The molecular weight excluding hydrogens is 299 g/mol. The molecule has 0 saturated carbocycles. The normalized spacial score (nSPS) is 10.8. The zero-order chi connectivity index (χ0) is 13.4. The lowest BCUT2D eigenvalue weighted by Crippen LogP contribution is -2.13. The van der Waals surface area contributed by atoms with Crippen LogP contribution >= 0.6 is 34.5 Å². The minimum Gasteiger partial charge on any atom is -0.382 e. The molecule has 0 fully saturated rings. The Kier molecular flexibility index (Phi) is 7.81. The molecule has 1 rings (SSSR count). The first kappa shape index (κ1) is 15.9. The van der Waals surface area contributed by atoms with Crippen molar-refractivity contribution in [2.24, 2.45) is 0 Å². The number of carbonyl (C=O) groups excluding carboxylic acids is 1. The zero-order valence-corrected chi connectivity index (χ0v) is 12.2. The van der Waals surface area contributed by atoms with Crippen molar-refractivity contribution in [3.05, 3.63) is 20.3 Å². The van der Waals surface area contributed by atoms with E-state index in [0.29, 0.717) is 40.7 Å². The van der Waals surface area contributed by atoms with Crippen LogP contribution in [0.4, 0.5) is 0 Å². The monoisotopic (exact) mass is 312 g/mol. The summed E-state index contributed by atoms with van der Waals surface area (Å²) in [4.78, 5) is 11.7. The molecule has 4 nitrogen and oxygen atoms in total. The van der Waals surface area contributed by atoms with Gasteiger partial charge in [-0.3, -0.25) is 4.79 Å². The summed E-state index contributed by atoms with van der Waals surface area (Å²) >= 11 is 12.8. The number of thiophene rings is 1. The Morgan fingerprint density at radius 1 is 1.22 bits per heavy atom. The number of rotatable bonds is 9. The minimum atomic E-state index is -0.181. The highest BCUT2D eigenvalue weighted by molar-refractivity contribution is 7.20. The second-order valence-electron chi connectivity index (χ2n) is 3.32. The molecular formula is C11H14Cl2O4S. The third-order valence-electron chi connectivity index (χ3n) is 1.99. The molecule has 0 N–H and O–H groups in total. The van der Waals surface area contributed by atoms with Gasteiger partial charge in [0, 0.05) is 7.11 Å². The van der Waals surface area contributed by atoms with E-state index < -0.39 is 0 Å². The highest BCUT2D eigenvalue weighted by atomic mass is 35.5. The summed E-state index contributed by atoms with van der Waals surface area (Å²) in [5.41, 5.74) is 0.409. The first-order valence-electron chi connectivity index (χ1n) is 5.27. The molecule has 7 heteroatoms. The molecule has 18 heavy (non-hydrogen) atoms. The Morgan fingerprint density at radius 3 is 2.50 bits per heavy atom. The Balaban J connectivity index is 2.16. The highest BCUT2D eigenvalue weighted by Crippen LogP contribution is 2.31. The maximum atomic E-state index is 11.7. The Labute approximate surface area is 120 Å². The summed E-state index contributed by atoms with van der Waals surface area (Å²) in [5.74, 6) is -0.181. The van der Waals surface area contributed by atoms with Gasteiger partial charge in [0.2, 0.25) is 0 Å². The number of ketones is 1. The quantitative estimate of drug-likeness (QED) is 0.519. The SMILES string of the molecule is COCCOCCOCC(=O)c1cc(Cl)sc1Cl. The second kappa shape index (κ2) is 8.85. The molecule has 0 unspecified atom stereocenters. The summed E-state index contributed by atoms with van der Waals surface area (Å²) in [5, 5.41) is 0. The molecule has 1 aromatic rings. The smallest absolute Gasteiger partial charge is 0.190 e. The van der Waals surface area contributed by atoms with Crippen molar-refractivity contribution in [3.63, 3.8) is 0 Å². The van der Waals surface area contributed by atoms with Crippen LogP contribution < -0.4 is 0 Å². The predicted molar refractivity (Wildman–Crippen MR) is 72.2 cm³/mol. The van der Waals surface area contributed by atoms with Crippen LogP contribution in [0.1, 0.15) is 10.4 Å². The fourth-order valence-corrected chi connectivity index (χ4v) is 2.63. The van der Waals surface area contributed by atoms with Crippen molar-refractivity contribution in [3.8, 4) is 0 Å². The van der Waals surface area contributed by atoms with Crippen LogP contribution in [0, 0.1) is 0 Å². The summed E-state index contributed by atoms with van der Waals surface area (Å²) in [6, 6.07) is 1.55. The molecule has 0 bridgehead atoms. The first-order chi connectivity index (χ1) is 8.65. The standard InChI is InChI=1S/C11H14Cl2O4S/c1-15-2-3-16-4-5-17-7-9(14)8-6-10(12)18-11(8)13/h6H,2-5,7H2,1H3. The maximum Gasteiger partial charge on any atom is 0.190 e. The number of hydrogen-bond donors (Lipinski definition) is 0. The van der Waals surface area contributed by atoms with Gasteiger partial charge in [-0.15, -0.1) is 11.3 Å². The van der Waals surface area contributed by atoms with Gasteiger partial charge in [0.1, 0.15) is 10.9 Å². The molecule has 0 aromatic carbocycles. The Bertz CT molecular complexity index is 381. The van der Waals surface area contributed by atoms with Crippen LogP contribution in [0.5, 0.6) is 0 Å². The van der Waals surface area contributed by atoms with Crippen LogP contribution in [0.3, 0.4) is 0 Å². The van der Waals surface area contributed by atoms with Gasteiger partial charge in [-0.2, -0.15) is 0 Å². The number of ether oxygens (including phenoxy) is 3. The molecule has 102 valence electrons. The van der Waals surface area contributed by atoms with Crippen molar-refractivity contribution < 1.29 is 19.0 Å². The van der Waals surface area contributed by atoms with Gasteiger partial charge in [0.05, 0.1) is 36.3 Å². The van der Waals surface area contributed by atoms with E-state index in [-0.39, 0.29) is 12.4 Å². The topological polar surface area (TPSA) is 44.8 Å². The molecule has 0 atom stereocenters. The van der Waals surface area contributed by atoms with Gasteiger partial charge in [-0.1, -0.05) is 23.2 Å². The number of methoxy groups -OCH3 is 1. The van der Waals surface area contributed by atoms with E-state index in [1.807, 2.05) is 0 Å². The number of carbonyl (C=O) groups is 1. The van der Waals surface area contributed by atoms with E-state index in [1.54, 1.807) is 13.2 Å². The van der Waals surface area contributed by atoms with Crippen LogP contribution in [0.25, 0.3) is 0 Å². The molecule has 0 aliphatic heterocycles. The minimum absolute atomic E-state index is 0.0274. The summed E-state index contributed by atoms with van der Waals surface area (Å²) in [6.45, 7) is 1.81. The van der Waals surface area contributed by atoms with Crippen molar-refractivity contribution in [1.82, 2.24) is 0 Å². The average molecular weight is 313 g/mol. The van der Waals surface area contributed by atoms with E-state index in [1.165, 1.54) is 11.3 Å². The summed E-state index contributed by atoms with van der Waals surface area (Å²) in [7, 11) is 1.61. The first-order valence-corrected chi connectivity index (χ1v) is 6.85. The van der Waals surface area contributed by atoms with E-state index in [9.17, 15) is 4.79 Å². The molecule has 0 spiro atoms. The van der Waals surface area contributed by atoms with Crippen LogP contribution in [0.2, 0.25) is 8.67 Å². The van der Waals surface area contributed by atoms with Gasteiger partial charge in [0.15, 0.2) is 5.78 Å². The van der Waals surface area contributed by atoms with Crippen LogP contribution in [0.15, 0.2) is 6.07 Å². The van der Waals surface area contributed by atoms with E-state index in [0.717, 1.165) is 0 Å². The number of hydrogen-bond acceptors (Lipinski definition) is 5. The zero-order valence-electron chi connectivity index (χ0n) is 9.91. The molecule has 0 aliphatic carbocycles. The molecule has 0 radical (unpaired) electrons. The third kappa shape index (κ3) is 5.65. The fraction of sp³-hybridized carbons (Fsp3) is 0.545. The van der Waals surface area contributed by atoms with E-state index >= 15 is 0 Å². The summed E-state index contributed by atoms with van der Waals surface area (Å²) < 4.78 is 16.1. The van der Waals surface area contributed by atoms with Crippen molar-refractivity contribution >= 4 is 40.3 Å². The van der Waals surface area contributed by atoms with Gasteiger partial charge in [0.25, 0.3) is 0 Å². The molecule has 0 amide bonds. The Hall–Kier alpha value is -0.170. The Morgan fingerprint density at radius 2 is 1.89 bits per heavy atom. The van der Waals surface area contributed by atoms with Gasteiger partial charge in [-0.05, 0) is 6.07 Å². The second-order valence-corrected chi connectivity index (χ2v) is 5.60. The average Bonchev–Trinajstić information content (AvgIpc) is 2.67. The third-order valence-corrected chi connectivity index (χ3v) is 3.48. The lowest BCUT2D eigenvalue weighted by atomic mass is 10.2. The lowest BCUT2D eigenvalue weighted by molar-refractivity contribution is 0.0253. The van der Waals surface area contributed by atoms with E-state index in [2.05, 4.69) is 0 Å². The highest BCUT2D eigenvalue weighted by Gasteiger charge is 2.13. The molecule has 1 aromatic heterocycles. The van der Waals surface area contributed by atoms with Gasteiger partial charge in [-0.25, -0.2) is 0 Å². The maximum absolute atomic E-state index is 11.7. The number of Topliss-reactive ketones (excluding diaryl/α,β-unsaturated/α-hetero) is 1. The van der Waals surface area contributed by atoms with Gasteiger partial charge < -0.3 is 14.2 Å². The van der Waals surface area contributed by atoms with Crippen molar-refractivity contribution in [2.45, 2.75) is 0 Å². The van der Waals surface area contributed by atoms with Crippen LogP contribution in [-0.2, 0) is 14.2 Å². The summed E-state index contributed by atoms with van der Waals surface area (Å²) in [6.07, 6.45) is 0. The van der Waals surface area contributed by atoms with Crippen molar-refractivity contribution in [1.29, 1.82) is 0 Å². The van der Waals surface area contributed by atoms with Crippen molar-refractivity contribution in [2.75, 3.05) is 40.1 Å². The number of halogens is 2. The largest absolute Gasteiger partial charge is 0.382 e. The molecule has 1 heterocycles. The fourth-order valence-electron chi connectivity index (χ4n) is 1.14.